The van der Waals surface area contributed by atoms with Gasteiger partial charge in [0.05, 0.1) is 11.3 Å². The number of nitrogens with zero attached hydrogens (tertiary/aromatic N) is 3. The molecule has 1 N–H and O–H groups in total. The zero-order valence-corrected chi connectivity index (χ0v) is 13.9. The summed E-state index contributed by atoms with van der Waals surface area (Å²) in [5, 5.41) is 10.8. The molecule has 1 atom stereocenters. The Hall–Kier alpha value is -1.46. The maximum Gasteiger partial charge on any atom is 0.222 e. The Morgan fingerprint density at radius 3 is 2.91 bits per heavy atom. The smallest absolute Gasteiger partial charge is 0.222 e. The molecule has 122 valence electrons. The van der Waals surface area contributed by atoms with Gasteiger partial charge < -0.3 is 10.0 Å². The number of hydrogen-bond donors (Lipinski definition) is 1. The van der Waals surface area contributed by atoms with Gasteiger partial charge in [-0.3, -0.25) is 14.7 Å². The third kappa shape index (κ3) is 4.78. The second-order valence-corrected chi connectivity index (χ2v) is 6.60. The lowest BCUT2D eigenvalue weighted by Gasteiger charge is -2.39. The molecule has 2 heterocycles. The van der Waals surface area contributed by atoms with Crippen molar-refractivity contribution < 1.29 is 9.90 Å². The first kappa shape index (κ1) is 16.9. The molecule has 0 aromatic carbocycles. The van der Waals surface area contributed by atoms with E-state index in [9.17, 15) is 9.90 Å². The largest absolute Gasteiger partial charge is 0.389 e. The number of pyridine rings is 1. The summed E-state index contributed by atoms with van der Waals surface area (Å²) in [5.41, 5.74) is 1.29. The zero-order valence-electron chi connectivity index (χ0n) is 13.9. The van der Waals surface area contributed by atoms with Crippen LogP contribution in [0.3, 0.4) is 0 Å². The Labute approximate surface area is 132 Å². The van der Waals surface area contributed by atoms with Gasteiger partial charge in [0.25, 0.3) is 0 Å². The average molecular weight is 305 g/mol. The van der Waals surface area contributed by atoms with Gasteiger partial charge in [0.1, 0.15) is 0 Å². The van der Waals surface area contributed by atoms with Crippen LogP contribution < -0.4 is 0 Å². The maximum absolute atomic E-state index is 11.7. The van der Waals surface area contributed by atoms with Gasteiger partial charge in [-0.1, -0.05) is 6.07 Å². The molecule has 1 aromatic heterocycles. The number of amides is 1. The van der Waals surface area contributed by atoms with Crippen molar-refractivity contribution in [3.05, 3.63) is 29.6 Å². The molecule has 0 saturated carbocycles. The topological polar surface area (TPSA) is 56.7 Å². The van der Waals surface area contributed by atoms with E-state index < -0.39 is 5.60 Å². The lowest BCUT2D eigenvalue weighted by molar-refractivity contribution is -0.130. The molecule has 1 fully saturated rings. The van der Waals surface area contributed by atoms with Gasteiger partial charge in [0, 0.05) is 39.3 Å². The van der Waals surface area contributed by atoms with E-state index >= 15 is 0 Å². The summed E-state index contributed by atoms with van der Waals surface area (Å²) in [7, 11) is 3.51. The van der Waals surface area contributed by atoms with Crippen LogP contribution in [-0.2, 0) is 11.3 Å². The second kappa shape index (κ2) is 7.20. The molecule has 0 aliphatic carbocycles. The molecule has 2 rings (SSSR count). The number of hydrogen-bond acceptors (Lipinski definition) is 4. The molecule has 1 saturated heterocycles. The van der Waals surface area contributed by atoms with Crippen molar-refractivity contribution in [1.29, 1.82) is 0 Å². The minimum atomic E-state index is -0.756. The average Bonchev–Trinajstić information content (AvgIpc) is 2.45. The number of rotatable bonds is 5. The van der Waals surface area contributed by atoms with Crippen LogP contribution in [0, 0.1) is 6.92 Å². The highest BCUT2D eigenvalue weighted by atomic mass is 16.3. The molecule has 0 spiro atoms. The van der Waals surface area contributed by atoms with Gasteiger partial charge in [0.15, 0.2) is 0 Å². The number of carbonyl (C=O) groups is 1. The fourth-order valence-corrected chi connectivity index (χ4v) is 3.02. The van der Waals surface area contributed by atoms with Crippen LogP contribution in [0.25, 0.3) is 0 Å². The van der Waals surface area contributed by atoms with E-state index in [2.05, 4.69) is 9.88 Å². The maximum atomic E-state index is 11.7. The van der Waals surface area contributed by atoms with Gasteiger partial charge in [0.2, 0.25) is 5.91 Å². The first-order chi connectivity index (χ1) is 10.4. The Kier molecular flexibility index (Phi) is 5.53. The van der Waals surface area contributed by atoms with Crippen LogP contribution >= 0.6 is 0 Å². The van der Waals surface area contributed by atoms with Crippen LogP contribution in [0.1, 0.15) is 37.1 Å². The van der Waals surface area contributed by atoms with Crippen molar-refractivity contribution in [1.82, 2.24) is 14.8 Å². The van der Waals surface area contributed by atoms with Crippen LogP contribution in [0.4, 0.5) is 0 Å². The summed E-state index contributed by atoms with van der Waals surface area (Å²) in [6.07, 6.45) is 2.66. The highest BCUT2D eigenvalue weighted by Gasteiger charge is 2.33. The van der Waals surface area contributed by atoms with Gasteiger partial charge in [-0.2, -0.15) is 0 Å². The van der Waals surface area contributed by atoms with Crippen molar-refractivity contribution in [2.75, 3.05) is 27.2 Å². The summed E-state index contributed by atoms with van der Waals surface area (Å²) >= 11 is 0. The van der Waals surface area contributed by atoms with E-state index in [1.165, 1.54) is 0 Å². The van der Waals surface area contributed by atoms with E-state index in [4.69, 9.17) is 0 Å². The predicted octanol–water partition coefficient (Wildman–Crippen LogP) is 1.59. The monoisotopic (exact) mass is 305 g/mol. The number of carbonyl (C=O) groups excluding carboxylic acids is 1. The van der Waals surface area contributed by atoms with E-state index in [0.717, 1.165) is 37.3 Å². The highest BCUT2D eigenvalue weighted by Crippen LogP contribution is 2.26. The number of likely N-dealkylation sites (tertiary alicyclic amines) is 1. The molecule has 1 aliphatic rings. The lowest BCUT2D eigenvalue weighted by atomic mass is 9.88. The number of β-amino-alcohol motifs (C(OH)–C–C–N with tert-alkyl or cyclic N) is 1. The third-order valence-corrected chi connectivity index (χ3v) is 4.27. The summed E-state index contributed by atoms with van der Waals surface area (Å²) in [4.78, 5) is 20.1. The Bertz CT molecular complexity index is 518. The van der Waals surface area contributed by atoms with Gasteiger partial charge in [-0.05, 0) is 44.9 Å². The minimum absolute atomic E-state index is 0.0749. The predicted molar refractivity (Wildman–Crippen MR) is 86.4 cm³/mol. The summed E-state index contributed by atoms with van der Waals surface area (Å²) in [5.74, 6) is 0.0749. The highest BCUT2D eigenvalue weighted by molar-refractivity contribution is 5.75. The third-order valence-electron chi connectivity index (χ3n) is 4.27. The second-order valence-electron chi connectivity index (χ2n) is 6.60. The van der Waals surface area contributed by atoms with E-state index in [1.807, 2.05) is 25.1 Å². The molecule has 0 bridgehead atoms. The molecule has 5 nitrogen and oxygen atoms in total. The van der Waals surface area contributed by atoms with Crippen molar-refractivity contribution in [3.63, 3.8) is 0 Å². The van der Waals surface area contributed by atoms with Crippen molar-refractivity contribution >= 4 is 5.91 Å². The number of aliphatic hydroxyl groups is 1. The van der Waals surface area contributed by atoms with Gasteiger partial charge >= 0.3 is 0 Å². The van der Waals surface area contributed by atoms with Crippen LogP contribution in [-0.4, -0.2) is 58.6 Å². The van der Waals surface area contributed by atoms with Crippen LogP contribution in [0.5, 0.6) is 0 Å². The fraction of sp³-hybridized carbons (Fsp3) is 0.647. The zero-order chi connectivity index (χ0) is 16.2. The molecular formula is C17H27N3O2. The molecule has 1 aromatic rings. The summed E-state index contributed by atoms with van der Waals surface area (Å²) < 4.78 is 0. The first-order valence-electron chi connectivity index (χ1n) is 7.95. The minimum Gasteiger partial charge on any atom is -0.389 e. The van der Waals surface area contributed by atoms with E-state index in [0.29, 0.717) is 19.4 Å². The lowest BCUT2D eigenvalue weighted by Crippen LogP contribution is -2.48. The Balaban J connectivity index is 1.91. The molecular weight excluding hydrogens is 278 g/mol. The fourth-order valence-electron chi connectivity index (χ4n) is 3.02. The van der Waals surface area contributed by atoms with E-state index in [1.54, 1.807) is 19.0 Å². The number of aryl methyl sites for hydroxylation is 1. The number of aromatic nitrogens is 1. The van der Waals surface area contributed by atoms with Gasteiger partial charge in [-0.25, -0.2) is 0 Å². The first-order valence-corrected chi connectivity index (χ1v) is 7.95. The molecule has 22 heavy (non-hydrogen) atoms. The Morgan fingerprint density at radius 2 is 2.23 bits per heavy atom. The Morgan fingerprint density at radius 1 is 1.45 bits per heavy atom. The molecule has 5 heteroatoms. The molecule has 1 aliphatic heterocycles. The van der Waals surface area contributed by atoms with Crippen LogP contribution in [0.2, 0.25) is 0 Å². The molecule has 0 radical (unpaired) electrons. The summed E-state index contributed by atoms with van der Waals surface area (Å²) in [6.45, 7) is 4.33. The van der Waals surface area contributed by atoms with Crippen molar-refractivity contribution in [2.45, 2.75) is 44.8 Å². The standard InChI is InChI=1S/C17H27N3O2/c1-14-6-4-7-15(18-14)12-20-11-5-9-17(22,13-20)10-8-16(21)19(2)3/h4,6-7,22H,5,8-13H2,1-3H3/t17-/m0/s1. The quantitative estimate of drug-likeness (QED) is 0.897. The number of piperidine rings is 1. The summed E-state index contributed by atoms with van der Waals surface area (Å²) in [6, 6.07) is 6.03. The normalized spacial score (nSPS) is 22.5. The van der Waals surface area contributed by atoms with E-state index in [-0.39, 0.29) is 5.91 Å². The van der Waals surface area contributed by atoms with Crippen molar-refractivity contribution in [2.24, 2.45) is 0 Å². The SMILES string of the molecule is Cc1cccc(CN2CCC[C@](O)(CCC(=O)N(C)C)C2)n1. The van der Waals surface area contributed by atoms with Crippen LogP contribution in [0.15, 0.2) is 18.2 Å². The van der Waals surface area contributed by atoms with Crippen molar-refractivity contribution in [3.8, 4) is 0 Å². The van der Waals surface area contributed by atoms with Gasteiger partial charge in [-0.15, -0.1) is 0 Å². The molecule has 0 unspecified atom stereocenters. The molecule has 1 amide bonds.